The van der Waals surface area contributed by atoms with Crippen LogP contribution in [0.3, 0.4) is 0 Å². The van der Waals surface area contributed by atoms with Gasteiger partial charge in [-0.3, -0.25) is 14.8 Å². The summed E-state index contributed by atoms with van der Waals surface area (Å²) in [6, 6.07) is 4.70. The van der Waals surface area contributed by atoms with Crippen molar-refractivity contribution in [3.63, 3.8) is 0 Å². The minimum Gasteiger partial charge on any atom is -0.385 e. The van der Waals surface area contributed by atoms with Crippen molar-refractivity contribution in [1.82, 2.24) is 0 Å². The molecule has 0 bridgehead atoms. The largest absolute Gasteiger partial charge is 0.385 e. The van der Waals surface area contributed by atoms with Gasteiger partial charge in [0.05, 0.1) is 10.6 Å². The van der Waals surface area contributed by atoms with Crippen LogP contribution in [0.1, 0.15) is 5.56 Å². The van der Waals surface area contributed by atoms with Crippen LogP contribution >= 0.6 is 11.3 Å². The summed E-state index contributed by atoms with van der Waals surface area (Å²) in [7, 11) is -4.06. The van der Waals surface area contributed by atoms with E-state index in [1.807, 2.05) is 0 Å². The second-order valence-corrected chi connectivity index (χ2v) is 7.13. The van der Waals surface area contributed by atoms with Crippen molar-refractivity contribution >= 4 is 37.7 Å². The summed E-state index contributed by atoms with van der Waals surface area (Å²) in [5.74, 6) is -0.563. The number of hydrogen-bond donors (Lipinski definition) is 2. The van der Waals surface area contributed by atoms with Gasteiger partial charge in [0, 0.05) is 6.07 Å². The van der Waals surface area contributed by atoms with Gasteiger partial charge in [-0.05, 0) is 24.6 Å². The van der Waals surface area contributed by atoms with Crippen molar-refractivity contribution in [3.05, 3.63) is 45.8 Å². The number of sulfonamides is 1. The Kier molecular flexibility index (Phi) is 3.83. The van der Waals surface area contributed by atoms with Gasteiger partial charge in [0.15, 0.2) is 5.00 Å². The molecule has 10 heteroatoms. The zero-order valence-electron chi connectivity index (χ0n) is 10.7. The fourth-order valence-electron chi connectivity index (χ4n) is 1.51. The number of halogens is 1. The molecular weight excluding hydrogens is 321 g/mol. The Morgan fingerprint density at radius 3 is 2.57 bits per heavy atom. The summed E-state index contributed by atoms with van der Waals surface area (Å²) in [6.45, 7) is 1.54. The van der Waals surface area contributed by atoms with Crippen LogP contribution in [0, 0.1) is 22.9 Å². The van der Waals surface area contributed by atoms with Crippen molar-refractivity contribution < 1.29 is 17.7 Å². The second-order valence-electron chi connectivity index (χ2n) is 4.14. The zero-order valence-corrected chi connectivity index (χ0v) is 12.3. The number of rotatable bonds is 4. The standard InChI is InChI=1S/C11H10FN3O4S2/c1-6-2-3-7(4-8(6)12)14-21(18,19)10-5-9(15(16)17)11(13)20-10/h2-5,14H,13H2,1H3. The lowest BCUT2D eigenvalue weighted by molar-refractivity contribution is -0.383. The van der Waals surface area contributed by atoms with Gasteiger partial charge in [-0.1, -0.05) is 17.4 Å². The normalized spacial score (nSPS) is 11.3. The molecule has 1 aromatic heterocycles. The van der Waals surface area contributed by atoms with Crippen molar-refractivity contribution in [1.29, 1.82) is 0 Å². The topological polar surface area (TPSA) is 115 Å². The van der Waals surface area contributed by atoms with Crippen LogP contribution in [0.5, 0.6) is 0 Å². The summed E-state index contributed by atoms with van der Waals surface area (Å²) in [5.41, 5.74) is 5.31. The molecule has 0 atom stereocenters. The number of nitrogens with one attached hydrogen (secondary N) is 1. The van der Waals surface area contributed by atoms with Crippen LogP contribution in [0.4, 0.5) is 20.8 Å². The highest BCUT2D eigenvalue weighted by Gasteiger charge is 2.25. The number of nitro groups is 1. The number of benzene rings is 1. The Morgan fingerprint density at radius 2 is 2.05 bits per heavy atom. The molecule has 0 amide bonds. The first-order valence-electron chi connectivity index (χ1n) is 5.53. The number of hydrogen-bond acceptors (Lipinski definition) is 6. The smallest absolute Gasteiger partial charge is 0.304 e. The predicted octanol–water partition coefficient (Wildman–Crippen LogP) is 2.49. The molecule has 7 nitrogen and oxygen atoms in total. The lowest BCUT2D eigenvalue weighted by atomic mass is 10.2. The van der Waals surface area contributed by atoms with Gasteiger partial charge < -0.3 is 5.73 Å². The molecule has 0 spiro atoms. The molecule has 2 aromatic rings. The summed E-state index contributed by atoms with van der Waals surface area (Å²) >= 11 is 0.568. The first kappa shape index (κ1) is 15.2. The van der Waals surface area contributed by atoms with Gasteiger partial charge in [-0.15, -0.1) is 0 Å². The predicted molar refractivity (Wildman–Crippen MR) is 77.3 cm³/mol. The Labute approximate surface area is 123 Å². The molecule has 0 saturated carbocycles. The van der Waals surface area contributed by atoms with Crippen molar-refractivity contribution in [2.75, 3.05) is 10.5 Å². The minimum atomic E-state index is -4.06. The first-order chi connectivity index (χ1) is 9.70. The van der Waals surface area contributed by atoms with E-state index in [2.05, 4.69) is 4.72 Å². The van der Waals surface area contributed by atoms with Gasteiger partial charge in [-0.25, -0.2) is 12.8 Å². The van der Waals surface area contributed by atoms with E-state index in [9.17, 15) is 22.9 Å². The zero-order chi connectivity index (χ0) is 15.8. The Balaban J connectivity index is 2.36. The first-order valence-corrected chi connectivity index (χ1v) is 7.83. The van der Waals surface area contributed by atoms with E-state index in [0.29, 0.717) is 16.9 Å². The van der Waals surface area contributed by atoms with E-state index >= 15 is 0 Å². The molecular formula is C11H10FN3O4S2. The number of anilines is 2. The van der Waals surface area contributed by atoms with E-state index in [-0.39, 0.29) is 14.9 Å². The molecule has 1 heterocycles. The maximum Gasteiger partial charge on any atom is 0.304 e. The van der Waals surface area contributed by atoms with E-state index in [0.717, 1.165) is 12.1 Å². The number of aryl methyl sites for hydroxylation is 1. The third-order valence-corrected chi connectivity index (χ3v) is 5.41. The van der Waals surface area contributed by atoms with E-state index in [1.165, 1.54) is 19.1 Å². The summed E-state index contributed by atoms with van der Waals surface area (Å²) in [4.78, 5) is 9.90. The fourth-order valence-corrected chi connectivity index (χ4v) is 3.77. The molecule has 0 aliphatic carbocycles. The van der Waals surface area contributed by atoms with E-state index < -0.39 is 26.5 Å². The summed E-state index contributed by atoms with van der Waals surface area (Å²) in [5, 5.41) is 10.5. The monoisotopic (exact) mass is 331 g/mol. The molecule has 3 N–H and O–H groups in total. The summed E-state index contributed by atoms with van der Waals surface area (Å²) < 4.78 is 39.4. The van der Waals surface area contributed by atoms with Crippen molar-refractivity contribution in [3.8, 4) is 0 Å². The lowest BCUT2D eigenvalue weighted by Gasteiger charge is -2.06. The molecule has 0 aliphatic rings. The average molecular weight is 331 g/mol. The van der Waals surface area contributed by atoms with Gasteiger partial charge >= 0.3 is 5.69 Å². The fraction of sp³-hybridized carbons (Fsp3) is 0.0909. The Bertz CT molecular complexity index is 817. The maximum atomic E-state index is 13.4. The molecule has 0 unspecified atom stereocenters. The van der Waals surface area contributed by atoms with Gasteiger partial charge in [0.1, 0.15) is 10.0 Å². The van der Waals surface area contributed by atoms with Crippen LogP contribution in [0.25, 0.3) is 0 Å². The highest BCUT2D eigenvalue weighted by atomic mass is 32.2. The molecule has 2 rings (SSSR count). The number of nitrogens with two attached hydrogens (primary N) is 1. The third-order valence-electron chi connectivity index (χ3n) is 2.60. The average Bonchev–Trinajstić information content (AvgIpc) is 2.77. The molecule has 1 aromatic carbocycles. The van der Waals surface area contributed by atoms with Gasteiger partial charge in [0.2, 0.25) is 0 Å². The maximum absolute atomic E-state index is 13.4. The van der Waals surface area contributed by atoms with Crippen LogP contribution in [-0.2, 0) is 10.0 Å². The van der Waals surface area contributed by atoms with E-state index in [1.54, 1.807) is 0 Å². The molecule has 0 aliphatic heterocycles. The van der Waals surface area contributed by atoms with Gasteiger partial charge in [-0.2, -0.15) is 0 Å². The summed E-state index contributed by atoms with van der Waals surface area (Å²) in [6.07, 6.45) is 0. The van der Waals surface area contributed by atoms with Crippen LogP contribution in [0.2, 0.25) is 0 Å². The highest BCUT2D eigenvalue weighted by Crippen LogP contribution is 2.35. The molecule has 0 radical (unpaired) electrons. The SMILES string of the molecule is Cc1ccc(NS(=O)(=O)c2cc([N+](=O)[O-])c(N)s2)cc1F. The Hall–Kier alpha value is -2.20. The number of nitrogens with zero attached hydrogens (tertiary/aromatic N) is 1. The molecule has 0 fully saturated rings. The number of thiophene rings is 1. The lowest BCUT2D eigenvalue weighted by Crippen LogP contribution is -2.11. The molecule has 21 heavy (non-hydrogen) atoms. The Morgan fingerprint density at radius 1 is 1.38 bits per heavy atom. The molecule has 112 valence electrons. The van der Waals surface area contributed by atoms with Crippen LogP contribution < -0.4 is 10.5 Å². The highest BCUT2D eigenvalue weighted by molar-refractivity contribution is 7.94. The van der Waals surface area contributed by atoms with Crippen molar-refractivity contribution in [2.24, 2.45) is 0 Å². The van der Waals surface area contributed by atoms with E-state index in [4.69, 9.17) is 5.73 Å². The van der Waals surface area contributed by atoms with Crippen molar-refractivity contribution in [2.45, 2.75) is 11.1 Å². The van der Waals surface area contributed by atoms with Crippen LogP contribution in [-0.4, -0.2) is 13.3 Å². The molecule has 0 saturated heterocycles. The third kappa shape index (κ3) is 3.11. The minimum absolute atomic E-state index is 0.0210. The quantitative estimate of drug-likeness (QED) is 0.659. The second kappa shape index (κ2) is 5.30. The van der Waals surface area contributed by atoms with Crippen LogP contribution in [0.15, 0.2) is 28.5 Å². The number of nitrogen functional groups attached to an aromatic ring is 1. The van der Waals surface area contributed by atoms with Gasteiger partial charge in [0.25, 0.3) is 10.0 Å².